The van der Waals surface area contributed by atoms with E-state index in [0.29, 0.717) is 17.2 Å². The molecule has 0 atom stereocenters. The van der Waals surface area contributed by atoms with Crippen molar-refractivity contribution in [2.24, 2.45) is 0 Å². The Morgan fingerprint density at radius 1 is 1.00 bits per heavy atom. The van der Waals surface area contributed by atoms with Crippen LogP contribution < -0.4 is 25.4 Å². The summed E-state index contributed by atoms with van der Waals surface area (Å²) in [5.74, 6) is 0.283. The van der Waals surface area contributed by atoms with Gasteiger partial charge in [-0.05, 0) is 29.8 Å². The highest BCUT2D eigenvalue weighted by Crippen LogP contribution is 2.28. The van der Waals surface area contributed by atoms with Gasteiger partial charge in [0.05, 0.1) is 26.5 Å². The average Bonchev–Trinajstić information content (AvgIpc) is 2.66. The fourth-order valence-corrected chi connectivity index (χ4v) is 2.10. The van der Waals surface area contributed by atoms with Crippen LogP contribution in [-0.2, 0) is 11.3 Å². The summed E-state index contributed by atoms with van der Waals surface area (Å²) >= 11 is 0. The summed E-state index contributed by atoms with van der Waals surface area (Å²) in [5, 5.41) is 7.67. The Kier molecular flexibility index (Phi) is 6.78. The summed E-state index contributed by atoms with van der Waals surface area (Å²) in [6, 6.07) is 10.2. The van der Waals surface area contributed by atoms with E-state index >= 15 is 0 Å². The highest BCUT2D eigenvalue weighted by atomic mass is 19.1. The number of halogens is 1. The second kappa shape index (κ2) is 9.26. The lowest BCUT2D eigenvalue weighted by molar-refractivity contribution is -0.115. The number of ether oxygens (including phenoxy) is 2. The zero-order chi connectivity index (χ0) is 18.9. The van der Waals surface area contributed by atoms with E-state index in [-0.39, 0.29) is 18.9 Å². The number of urea groups is 1. The molecule has 0 spiro atoms. The van der Waals surface area contributed by atoms with Crippen LogP contribution in [0.3, 0.4) is 0 Å². The molecule has 2 aromatic rings. The van der Waals surface area contributed by atoms with E-state index in [2.05, 4.69) is 16.0 Å². The maximum Gasteiger partial charge on any atom is 0.315 e. The van der Waals surface area contributed by atoms with E-state index in [1.807, 2.05) is 0 Å². The molecule has 0 fully saturated rings. The van der Waals surface area contributed by atoms with Gasteiger partial charge in [-0.15, -0.1) is 0 Å². The largest absolute Gasteiger partial charge is 0.497 e. The topological polar surface area (TPSA) is 88.7 Å². The van der Waals surface area contributed by atoms with Crippen molar-refractivity contribution in [3.8, 4) is 11.5 Å². The van der Waals surface area contributed by atoms with Gasteiger partial charge in [0, 0.05) is 12.6 Å². The summed E-state index contributed by atoms with van der Waals surface area (Å²) in [7, 11) is 3.01. The molecule has 0 unspecified atom stereocenters. The predicted molar refractivity (Wildman–Crippen MR) is 94.8 cm³/mol. The third kappa shape index (κ3) is 5.66. The van der Waals surface area contributed by atoms with E-state index in [4.69, 9.17) is 9.47 Å². The Labute approximate surface area is 150 Å². The summed E-state index contributed by atoms with van der Waals surface area (Å²) in [5.41, 5.74) is 1.21. The van der Waals surface area contributed by atoms with Crippen LogP contribution in [0.15, 0.2) is 42.5 Å². The third-order valence-electron chi connectivity index (χ3n) is 3.46. The van der Waals surface area contributed by atoms with Crippen molar-refractivity contribution in [3.63, 3.8) is 0 Å². The zero-order valence-electron chi connectivity index (χ0n) is 14.5. The Bertz CT molecular complexity index is 766. The number of anilines is 1. The summed E-state index contributed by atoms with van der Waals surface area (Å²) in [6.07, 6.45) is 0. The van der Waals surface area contributed by atoms with Crippen LogP contribution >= 0.6 is 0 Å². The molecule has 0 aromatic heterocycles. The maximum atomic E-state index is 12.8. The molecule has 8 heteroatoms. The predicted octanol–water partition coefficient (Wildman–Crippen LogP) is 2.28. The standard InChI is InChI=1S/C18H20FN3O4/c1-25-14-7-8-15(16(9-14)26-2)22-17(23)11-21-18(24)20-10-12-3-5-13(19)6-4-12/h3-9H,10-11H2,1-2H3,(H,22,23)(H2,20,21,24). The van der Waals surface area contributed by atoms with E-state index in [9.17, 15) is 14.0 Å². The monoisotopic (exact) mass is 361 g/mol. The van der Waals surface area contributed by atoms with Gasteiger partial charge in [0.25, 0.3) is 0 Å². The van der Waals surface area contributed by atoms with Crippen molar-refractivity contribution in [1.82, 2.24) is 10.6 Å². The Hall–Kier alpha value is -3.29. The first kappa shape index (κ1) is 19.0. The second-order valence-electron chi connectivity index (χ2n) is 5.28. The fourth-order valence-electron chi connectivity index (χ4n) is 2.10. The number of methoxy groups -OCH3 is 2. The van der Waals surface area contributed by atoms with E-state index in [1.165, 1.54) is 26.4 Å². The number of hydrogen-bond donors (Lipinski definition) is 3. The molecule has 3 amide bonds. The van der Waals surface area contributed by atoms with Crippen molar-refractivity contribution in [1.29, 1.82) is 0 Å². The number of rotatable bonds is 7. The minimum Gasteiger partial charge on any atom is -0.497 e. The van der Waals surface area contributed by atoms with Crippen molar-refractivity contribution in [2.45, 2.75) is 6.54 Å². The van der Waals surface area contributed by atoms with Gasteiger partial charge < -0.3 is 25.4 Å². The molecule has 0 saturated carbocycles. The van der Waals surface area contributed by atoms with Gasteiger partial charge in [-0.3, -0.25) is 4.79 Å². The van der Waals surface area contributed by atoms with Crippen molar-refractivity contribution >= 4 is 17.6 Å². The highest BCUT2D eigenvalue weighted by Gasteiger charge is 2.10. The van der Waals surface area contributed by atoms with Gasteiger partial charge >= 0.3 is 6.03 Å². The Morgan fingerprint density at radius 2 is 1.73 bits per heavy atom. The first-order valence-electron chi connectivity index (χ1n) is 7.80. The number of carbonyl (C=O) groups is 2. The van der Waals surface area contributed by atoms with Crippen LogP contribution in [0.2, 0.25) is 0 Å². The maximum absolute atomic E-state index is 12.8. The van der Waals surface area contributed by atoms with Gasteiger partial charge in [0.2, 0.25) is 5.91 Å². The van der Waals surface area contributed by atoms with Crippen molar-refractivity contribution in [3.05, 3.63) is 53.8 Å². The van der Waals surface area contributed by atoms with Crippen LogP contribution in [0.5, 0.6) is 11.5 Å². The van der Waals surface area contributed by atoms with Crippen LogP contribution in [0.1, 0.15) is 5.56 Å². The average molecular weight is 361 g/mol. The quantitative estimate of drug-likeness (QED) is 0.706. The number of carbonyl (C=O) groups excluding carboxylic acids is 2. The highest BCUT2D eigenvalue weighted by molar-refractivity contribution is 5.95. The van der Waals surface area contributed by atoms with E-state index < -0.39 is 11.9 Å². The molecule has 0 aliphatic heterocycles. The van der Waals surface area contributed by atoms with Gasteiger partial charge in [-0.2, -0.15) is 0 Å². The minimum atomic E-state index is -0.508. The van der Waals surface area contributed by atoms with Crippen LogP contribution in [-0.4, -0.2) is 32.7 Å². The molecule has 3 N–H and O–H groups in total. The summed E-state index contributed by atoms with van der Waals surface area (Å²) in [6.45, 7) is 0.00443. The van der Waals surface area contributed by atoms with Crippen molar-refractivity contribution < 1.29 is 23.5 Å². The number of benzene rings is 2. The van der Waals surface area contributed by atoms with Gasteiger partial charge in [-0.25, -0.2) is 9.18 Å². The van der Waals surface area contributed by atoms with Gasteiger partial charge in [0.1, 0.15) is 17.3 Å². The number of hydrogen-bond acceptors (Lipinski definition) is 4. The molecule has 2 aromatic carbocycles. The molecule has 2 rings (SSSR count). The van der Waals surface area contributed by atoms with Crippen LogP contribution in [0.25, 0.3) is 0 Å². The lowest BCUT2D eigenvalue weighted by Gasteiger charge is -2.12. The Morgan fingerprint density at radius 3 is 2.38 bits per heavy atom. The smallest absolute Gasteiger partial charge is 0.315 e. The lowest BCUT2D eigenvalue weighted by atomic mass is 10.2. The molecular formula is C18H20FN3O4. The first-order chi connectivity index (χ1) is 12.5. The zero-order valence-corrected chi connectivity index (χ0v) is 14.5. The first-order valence-corrected chi connectivity index (χ1v) is 7.80. The van der Waals surface area contributed by atoms with Crippen LogP contribution in [0, 0.1) is 5.82 Å². The normalized spacial score (nSPS) is 9.96. The molecular weight excluding hydrogens is 341 g/mol. The molecule has 0 heterocycles. The van der Waals surface area contributed by atoms with Crippen LogP contribution in [0.4, 0.5) is 14.9 Å². The summed E-state index contributed by atoms with van der Waals surface area (Å²) < 4.78 is 23.1. The van der Waals surface area contributed by atoms with E-state index in [1.54, 1.807) is 30.3 Å². The fraction of sp³-hybridized carbons (Fsp3) is 0.222. The molecule has 0 aliphatic carbocycles. The van der Waals surface area contributed by atoms with Gasteiger partial charge in [-0.1, -0.05) is 12.1 Å². The molecule has 0 radical (unpaired) electrons. The minimum absolute atomic E-state index is 0.218. The molecule has 26 heavy (non-hydrogen) atoms. The lowest BCUT2D eigenvalue weighted by Crippen LogP contribution is -2.39. The van der Waals surface area contributed by atoms with Crippen molar-refractivity contribution in [2.75, 3.05) is 26.1 Å². The molecule has 0 aliphatic rings. The number of nitrogens with one attached hydrogen (secondary N) is 3. The second-order valence-corrected chi connectivity index (χ2v) is 5.28. The third-order valence-corrected chi connectivity index (χ3v) is 3.46. The van der Waals surface area contributed by atoms with E-state index in [0.717, 1.165) is 5.56 Å². The SMILES string of the molecule is COc1ccc(NC(=O)CNC(=O)NCc2ccc(F)cc2)c(OC)c1. The molecule has 0 bridgehead atoms. The number of amides is 3. The molecule has 7 nitrogen and oxygen atoms in total. The molecule has 0 saturated heterocycles. The van der Waals surface area contributed by atoms with Gasteiger partial charge in [0.15, 0.2) is 0 Å². The molecule has 138 valence electrons. The Balaban J connectivity index is 1.79. The summed E-state index contributed by atoms with van der Waals surface area (Å²) in [4.78, 5) is 23.7.